The van der Waals surface area contributed by atoms with Gasteiger partial charge in [0.2, 0.25) is 0 Å². The zero-order valence-electron chi connectivity index (χ0n) is 9.99. The standard InChI is InChI=1S/C12H18OS3/c1-4-7-14-8-10(13)11-5-6-12(16-11)15-9(2)3/h5-6,9H,4,7-8H2,1-3H3. The van der Waals surface area contributed by atoms with Crippen LogP contribution in [0, 0.1) is 0 Å². The van der Waals surface area contributed by atoms with Crippen LogP contribution in [0.25, 0.3) is 0 Å². The van der Waals surface area contributed by atoms with Crippen molar-refractivity contribution in [3.63, 3.8) is 0 Å². The van der Waals surface area contributed by atoms with Gasteiger partial charge in [0.05, 0.1) is 14.8 Å². The summed E-state index contributed by atoms with van der Waals surface area (Å²) in [6.45, 7) is 6.48. The summed E-state index contributed by atoms with van der Waals surface area (Å²) < 4.78 is 1.25. The van der Waals surface area contributed by atoms with Gasteiger partial charge in [0.25, 0.3) is 0 Å². The van der Waals surface area contributed by atoms with Crippen LogP contribution in [0.5, 0.6) is 0 Å². The topological polar surface area (TPSA) is 17.1 Å². The van der Waals surface area contributed by atoms with E-state index >= 15 is 0 Å². The average Bonchev–Trinajstić information content (AvgIpc) is 2.65. The highest BCUT2D eigenvalue weighted by atomic mass is 32.2. The smallest absolute Gasteiger partial charge is 0.182 e. The van der Waals surface area contributed by atoms with Gasteiger partial charge in [-0.3, -0.25) is 4.79 Å². The van der Waals surface area contributed by atoms with Crippen LogP contribution in [-0.4, -0.2) is 22.5 Å². The number of rotatable bonds is 7. The summed E-state index contributed by atoms with van der Waals surface area (Å²) in [6, 6.07) is 4.03. The van der Waals surface area contributed by atoms with Gasteiger partial charge in [0.15, 0.2) is 5.78 Å². The summed E-state index contributed by atoms with van der Waals surface area (Å²) >= 11 is 5.18. The predicted octanol–water partition coefficient (Wildman–Crippen LogP) is 4.57. The lowest BCUT2D eigenvalue weighted by molar-refractivity contribution is 0.102. The van der Waals surface area contributed by atoms with Gasteiger partial charge >= 0.3 is 0 Å². The van der Waals surface area contributed by atoms with Crippen molar-refractivity contribution in [1.29, 1.82) is 0 Å². The predicted molar refractivity (Wildman–Crippen MR) is 77.3 cm³/mol. The van der Waals surface area contributed by atoms with Crippen molar-refractivity contribution in [2.45, 2.75) is 36.7 Å². The molecule has 1 aromatic heterocycles. The van der Waals surface area contributed by atoms with E-state index in [1.165, 1.54) is 4.21 Å². The molecule has 0 aromatic carbocycles. The van der Waals surface area contributed by atoms with Crippen molar-refractivity contribution in [3.8, 4) is 0 Å². The van der Waals surface area contributed by atoms with Crippen molar-refractivity contribution < 1.29 is 4.79 Å². The maximum atomic E-state index is 11.8. The van der Waals surface area contributed by atoms with E-state index in [1.54, 1.807) is 23.1 Å². The monoisotopic (exact) mass is 274 g/mol. The van der Waals surface area contributed by atoms with Gasteiger partial charge < -0.3 is 0 Å². The van der Waals surface area contributed by atoms with Gasteiger partial charge in [-0.2, -0.15) is 11.8 Å². The first-order valence-electron chi connectivity index (χ1n) is 5.51. The van der Waals surface area contributed by atoms with Gasteiger partial charge in [-0.15, -0.1) is 23.1 Å². The first kappa shape index (κ1) is 14.1. The number of thiophene rings is 1. The molecule has 0 saturated carbocycles. The zero-order valence-corrected chi connectivity index (χ0v) is 12.4. The Bertz CT molecular complexity index is 331. The van der Waals surface area contributed by atoms with Gasteiger partial charge in [0, 0.05) is 5.25 Å². The molecule has 0 N–H and O–H groups in total. The second-order valence-corrected chi connectivity index (χ2v) is 7.83. The molecular weight excluding hydrogens is 256 g/mol. The highest BCUT2D eigenvalue weighted by Crippen LogP contribution is 2.30. The summed E-state index contributed by atoms with van der Waals surface area (Å²) in [7, 11) is 0. The Hall–Kier alpha value is 0.0700. The van der Waals surface area contributed by atoms with Crippen LogP contribution < -0.4 is 0 Å². The normalized spacial score (nSPS) is 11.0. The van der Waals surface area contributed by atoms with Crippen LogP contribution >= 0.6 is 34.9 Å². The van der Waals surface area contributed by atoms with E-state index in [0.717, 1.165) is 17.1 Å². The molecule has 0 radical (unpaired) electrons. The molecule has 0 amide bonds. The van der Waals surface area contributed by atoms with Gasteiger partial charge in [0.1, 0.15) is 0 Å². The van der Waals surface area contributed by atoms with Crippen molar-refractivity contribution in [1.82, 2.24) is 0 Å². The largest absolute Gasteiger partial charge is 0.292 e. The quantitative estimate of drug-likeness (QED) is 0.412. The van der Waals surface area contributed by atoms with Crippen LogP contribution in [0.2, 0.25) is 0 Å². The number of thioether (sulfide) groups is 2. The Kier molecular flexibility index (Phi) is 6.54. The summed E-state index contributed by atoms with van der Waals surface area (Å²) in [6.07, 6.45) is 1.14. The van der Waals surface area contributed by atoms with Gasteiger partial charge in [-0.25, -0.2) is 0 Å². The van der Waals surface area contributed by atoms with E-state index < -0.39 is 0 Å². The second kappa shape index (κ2) is 7.41. The van der Waals surface area contributed by atoms with E-state index in [-0.39, 0.29) is 5.78 Å². The number of carbonyl (C=O) groups excluding carboxylic acids is 1. The third-order valence-electron chi connectivity index (χ3n) is 1.79. The van der Waals surface area contributed by atoms with Crippen LogP contribution in [0.4, 0.5) is 0 Å². The fraction of sp³-hybridized carbons (Fsp3) is 0.583. The molecule has 1 heterocycles. The third-order valence-corrected chi connectivity index (χ3v) is 5.25. The molecule has 1 rings (SSSR count). The molecule has 1 aromatic rings. The van der Waals surface area contributed by atoms with E-state index in [9.17, 15) is 4.79 Å². The Morgan fingerprint density at radius 1 is 1.44 bits per heavy atom. The van der Waals surface area contributed by atoms with Crippen molar-refractivity contribution in [2.75, 3.05) is 11.5 Å². The van der Waals surface area contributed by atoms with Gasteiger partial charge in [-0.05, 0) is 24.3 Å². The number of carbonyl (C=O) groups is 1. The van der Waals surface area contributed by atoms with E-state index in [1.807, 2.05) is 17.8 Å². The molecule has 0 aliphatic rings. The van der Waals surface area contributed by atoms with Crippen LogP contribution in [0.3, 0.4) is 0 Å². The molecule has 4 heteroatoms. The Labute approximate surface area is 110 Å². The molecule has 1 nitrogen and oxygen atoms in total. The summed E-state index contributed by atoms with van der Waals surface area (Å²) in [5.41, 5.74) is 0. The highest BCUT2D eigenvalue weighted by molar-refractivity contribution is 8.01. The Balaban J connectivity index is 2.46. The van der Waals surface area contributed by atoms with E-state index in [4.69, 9.17) is 0 Å². The maximum absolute atomic E-state index is 11.8. The highest BCUT2D eigenvalue weighted by Gasteiger charge is 2.10. The first-order valence-corrected chi connectivity index (χ1v) is 8.36. The molecule has 0 aliphatic carbocycles. The second-order valence-electron chi connectivity index (χ2n) is 3.76. The lowest BCUT2D eigenvalue weighted by Gasteiger charge is -1.99. The fourth-order valence-electron chi connectivity index (χ4n) is 1.15. The summed E-state index contributed by atoms with van der Waals surface area (Å²) in [4.78, 5) is 12.7. The lowest BCUT2D eigenvalue weighted by atomic mass is 10.4. The van der Waals surface area contributed by atoms with Crippen molar-refractivity contribution in [3.05, 3.63) is 17.0 Å². The number of Topliss-reactive ketones (excluding diaryl/α,β-unsaturated/α-hetero) is 1. The molecule has 0 saturated heterocycles. The summed E-state index contributed by atoms with van der Waals surface area (Å²) in [5.74, 6) is 1.98. The Morgan fingerprint density at radius 3 is 2.81 bits per heavy atom. The van der Waals surface area contributed by atoms with Crippen LogP contribution in [0.15, 0.2) is 16.3 Å². The van der Waals surface area contributed by atoms with Gasteiger partial charge in [-0.1, -0.05) is 20.8 Å². The van der Waals surface area contributed by atoms with E-state index in [0.29, 0.717) is 11.0 Å². The number of hydrogen-bond acceptors (Lipinski definition) is 4. The minimum Gasteiger partial charge on any atom is -0.292 e. The molecule has 0 aliphatic heterocycles. The molecule has 0 fully saturated rings. The molecular formula is C12H18OS3. The van der Waals surface area contributed by atoms with Crippen LogP contribution in [-0.2, 0) is 0 Å². The fourth-order valence-corrected chi connectivity index (χ4v) is 4.34. The number of ketones is 1. The molecule has 90 valence electrons. The molecule has 0 unspecified atom stereocenters. The van der Waals surface area contributed by atoms with Crippen molar-refractivity contribution in [2.24, 2.45) is 0 Å². The average molecular weight is 274 g/mol. The summed E-state index contributed by atoms with van der Waals surface area (Å²) in [5, 5.41) is 0.580. The first-order chi connectivity index (χ1) is 7.63. The molecule has 0 atom stereocenters. The SMILES string of the molecule is CCCSCC(=O)c1ccc(SC(C)C)s1. The van der Waals surface area contributed by atoms with Crippen LogP contribution in [0.1, 0.15) is 36.9 Å². The third kappa shape index (κ3) is 4.93. The van der Waals surface area contributed by atoms with Crippen molar-refractivity contribution >= 4 is 40.6 Å². The zero-order chi connectivity index (χ0) is 12.0. The number of hydrogen-bond donors (Lipinski definition) is 0. The molecule has 0 spiro atoms. The molecule has 16 heavy (non-hydrogen) atoms. The lowest BCUT2D eigenvalue weighted by Crippen LogP contribution is -1.99. The Morgan fingerprint density at radius 2 is 2.19 bits per heavy atom. The molecule has 0 bridgehead atoms. The minimum absolute atomic E-state index is 0.277. The van der Waals surface area contributed by atoms with E-state index in [2.05, 4.69) is 26.8 Å². The minimum atomic E-state index is 0.277. The maximum Gasteiger partial charge on any atom is 0.182 e.